The lowest BCUT2D eigenvalue weighted by Crippen LogP contribution is -2.24. The molecule has 0 saturated carbocycles. The predicted octanol–water partition coefficient (Wildman–Crippen LogP) is 1.03. The molecule has 106 valence electrons. The average Bonchev–Trinajstić information content (AvgIpc) is 2.80. The molecule has 1 aliphatic heterocycles. The molecular weight excluding hydrogens is 264 g/mol. The molecule has 1 aliphatic rings. The van der Waals surface area contributed by atoms with Crippen LogP contribution in [0.3, 0.4) is 0 Å². The highest BCUT2D eigenvalue weighted by Gasteiger charge is 2.24. The molecule has 0 spiro atoms. The minimum Gasteiger partial charge on any atom is -0.488 e. The van der Waals surface area contributed by atoms with Gasteiger partial charge in [-0.15, -0.1) is 0 Å². The van der Waals surface area contributed by atoms with Crippen molar-refractivity contribution in [2.75, 3.05) is 13.1 Å². The first-order valence-corrected chi connectivity index (χ1v) is 8.04. The number of unbranched alkanes of at least 4 members (excludes halogenated alkanes) is 1. The van der Waals surface area contributed by atoms with E-state index in [9.17, 15) is 8.42 Å². The molecule has 6 heteroatoms. The van der Waals surface area contributed by atoms with Gasteiger partial charge in [0.2, 0.25) is 10.0 Å². The number of rotatable bonds is 6. The Morgan fingerprint density at radius 1 is 1.47 bits per heavy atom. The third-order valence-electron chi connectivity index (χ3n) is 3.17. The van der Waals surface area contributed by atoms with E-state index in [4.69, 9.17) is 10.5 Å². The molecule has 0 saturated heterocycles. The molecule has 0 amide bonds. The molecule has 19 heavy (non-hydrogen) atoms. The van der Waals surface area contributed by atoms with Crippen molar-refractivity contribution in [3.05, 3.63) is 23.8 Å². The zero-order valence-corrected chi connectivity index (χ0v) is 11.9. The summed E-state index contributed by atoms with van der Waals surface area (Å²) in [6.07, 6.45) is 2.42. The van der Waals surface area contributed by atoms with Crippen molar-refractivity contribution < 1.29 is 13.2 Å². The van der Waals surface area contributed by atoms with Crippen molar-refractivity contribution in [3.8, 4) is 5.75 Å². The van der Waals surface area contributed by atoms with Crippen molar-refractivity contribution >= 4 is 10.0 Å². The number of sulfonamides is 1. The maximum Gasteiger partial charge on any atom is 0.240 e. The number of hydrogen-bond acceptors (Lipinski definition) is 4. The van der Waals surface area contributed by atoms with Gasteiger partial charge in [-0.3, -0.25) is 0 Å². The van der Waals surface area contributed by atoms with Crippen LogP contribution in [0.5, 0.6) is 5.75 Å². The van der Waals surface area contributed by atoms with E-state index >= 15 is 0 Å². The van der Waals surface area contributed by atoms with E-state index in [0.29, 0.717) is 24.4 Å². The normalized spacial score (nSPS) is 18.1. The predicted molar refractivity (Wildman–Crippen MR) is 73.7 cm³/mol. The minimum atomic E-state index is -3.42. The molecule has 1 aromatic rings. The van der Waals surface area contributed by atoms with Gasteiger partial charge in [0.25, 0.3) is 0 Å². The van der Waals surface area contributed by atoms with E-state index in [0.717, 1.165) is 24.2 Å². The molecule has 0 aliphatic carbocycles. The third kappa shape index (κ3) is 3.26. The van der Waals surface area contributed by atoms with Crippen LogP contribution in [0.15, 0.2) is 23.1 Å². The SMILES string of the molecule is CCCCNS(=O)(=O)c1ccc2c(c1)CC(CN)O2. The molecule has 1 atom stereocenters. The van der Waals surface area contributed by atoms with Gasteiger partial charge in [0.05, 0.1) is 4.90 Å². The van der Waals surface area contributed by atoms with Gasteiger partial charge in [-0.1, -0.05) is 13.3 Å². The molecule has 3 N–H and O–H groups in total. The number of fused-ring (bicyclic) bond motifs is 1. The van der Waals surface area contributed by atoms with Crippen LogP contribution in [0.4, 0.5) is 0 Å². The van der Waals surface area contributed by atoms with E-state index in [1.807, 2.05) is 6.92 Å². The molecule has 1 aromatic carbocycles. The average molecular weight is 284 g/mol. The summed E-state index contributed by atoms with van der Waals surface area (Å²) in [6.45, 7) is 2.93. The Bertz CT molecular complexity index is 543. The first kappa shape index (κ1) is 14.3. The second-order valence-electron chi connectivity index (χ2n) is 4.70. The summed E-state index contributed by atoms with van der Waals surface area (Å²) in [5.41, 5.74) is 6.47. The number of ether oxygens (including phenoxy) is 1. The van der Waals surface area contributed by atoms with Crippen LogP contribution in [0.25, 0.3) is 0 Å². The van der Waals surface area contributed by atoms with Crippen LogP contribution in [-0.4, -0.2) is 27.6 Å². The lowest BCUT2D eigenvalue weighted by Gasteiger charge is -2.07. The summed E-state index contributed by atoms with van der Waals surface area (Å²) >= 11 is 0. The van der Waals surface area contributed by atoms with Gasteiger partial charge in [0, 0.05) is 19.5 Å². The largest absolute Gasteiger partial charge is 0.488 e. The van der Waals surface area contributed by atoms with Crippen LogP contribution in [-0.2, 0) is 16.4 Å². The Balaban J connectivity index is 2.15. The molecular formula is C13H20N2O3S. The summed E-state index contributed by atoms with van der Waals surface area (Å²) in [4.78, 5) is 0.295. The van der Waals surface area contributed by atoms with Crippen LogP contribution in [0, 0.1) is 0 Å². The monoisotopic (exact) mass is 284 g/mol. The molecule has 0 radical (unpaired) electrons. The standard InChI is InChI=1S/C13H20N2O3S/c1-2-3-6-15-19(16,17)12-4-5-13-10(8-12)7-11(9-14)18-13/h4-5,8,11,15H,2-3,6-7,9,14H2,1H3. The smallest absolute Gasteiger partial charge is 0.240 e. The molecule has 1 unspecified atom stereocenters. The summed E-state index contributed by atoms with van der Waals surface area (Å²) in [5.74, 6) is 0.739. The van der Waals surface area contributed by atoms with Crippen LogP contribution in [0.1, 0.15) is 25.3 Å². The van der Waals surface area contributed by atoms with E-state index in [1.165, 1.54) is 0 Å². The van der Waals surface area contributed by atoms with E-state index < -0.39 is 10.0 Å². The molecule has 0 fully saturated rings. The highest BCUT2D eigenvalue weighted by Crippen LogP contribution is 2.30. The fourth-order valence-corrected chi connectivity index (χ4v) is 3.19. The van der Waals surface area contributed by atoms with Crippen LogP contribution >= 0.6 is 0 Å². The topological polar surface area (TPSA) is 81.4 Å². The zero-order chi connectivity index (χ0) is 13.9. The van der Waals surface area contributed by atoms with Crippen molar-refractivity contribution in [1.29, 1.82) is 0 Å². The lowest BCUT2D eigenvalue weighted by molar-refractivity contribution is 0.241. The summed E-state index contributed by atoms with van der Waals surface area (Å²) in [6, 6.07) is 4.96. The highest BCUT2D eigenvalue weighted by atomic mass is 32.2. The number of benzene rings is 1. The summed E-state index contributed by atoms with van der Waals surface area (Å²) in [5, 5.41) is 0. The number of nitrogens with two attached hydrogens (primary N) is 1. The van der Waals surface area contributed by atoms with E-state index in [1.54, 1.807) is 18.2 Å². The zero-order valence-electron chi connectivity index (χ0n) is 11.1. The number of hydrogen-bond donors (Lipinski definition) is 2. The molecule has 0 bridgehead atoms. The summed E-state index contributed by atoms with van der Waals surface area (Å²) < 4.78 is 32.3. The Hall–Kier alpha value is -1.11. The maximum atomic E-state index is 12.1. The Labute approximate surface area is 114 Å². The molecule has 0 aromatic heterocycles. The quantitative estimate of drug-likeness (QED) is 0.764. The van der Waals surface area contributed by atoms with Gasteiger partial charge in [-0.2, -0.15) is 0 Å². The van der Waals surface area contributed by atoms with Gasteiger partial charge < -0.3 is 10.5 Å². The molecule has 2 rings (SSSR count). The Morgan fingerprint density at radius 3 is 2.95 bits per heavy atom. The first-order valence-electron chi connectivity index (χ1n) is 6.56. The second-order valence-corrected chi connectivity index (χ2v) is 6.47. The van der Waals surface area contributed by atoms with E-state index in [-0.39, 0.29) is 6.10 Å². The first-order chi connectivity index (χ1) is 9.06. The van der Waals surface area contributed by atoms with Crippen LogP contribution < -0.4 is 15.2 Å². The van der Waals surface area contributed by atoms with Gasteiger partial charge in [0.1, 0.15) is 11.9 Å². The Kier molecular flexibility index (Phi) is 4.44. The van der Waals surface area contributed by atoms with Gasteiger partial charge in [-0.25, -0.2) is 13.1 Å². The van der Waals surface area contributed by atoms with Crippen LogP contribution in [0.2, 0.25) is 0 Å². The molecule has 5 nitrogen and oxygen atoms in total. The highest BCUT2D eigenvalue weighted by molar-refractivity contribution is 7.89. The lowest BCUT2D eigenvalue weighted by atomic mass is 10.1. The van der Waals surface area contributed by atoms with E-state index in [2.05, 4.69) is 4.72 Å². The summed E-state index contributed by atoms with van der Waals surface area (Å²) in [7, 11) is -3.42. The fourth-order valence-electron chi connectivity index (χ4n) is 2.06. The third-order valence-corrected chi connectivity index (χ3v) is 4.63. The van der Waals surface area contributed by atoms with Gasteiger partial charge in [0.15, 0.2) is 0 Å². The fraction of sp³-hybridized carbons (Fsp3) is 0.538. The molecule has 1 heterocycles. The van der Waals surface area contributed by atoms with Crippen molar-refractivity contribution in [3.63, 3.8) is 0 Å². The van der Waals surface area contributed by atoms with Crippen molar-refractivity contribution in [1.82, 2.24) is 4.72 Å². The minimum absolute atomic E-state index is 0.0407. The van der Waals surface area contributed by atoms with Crippen molar-refractivity contribution in [2.45, 2.75) is 37.2 Å². The van der Waals surface area contributed by atoms with Crippen molar-refractivity contribution in [2.24, 2.45) is 5.73 Å². The second kappa shape index (κ2) is 5.90. The number of nitrogens with one attached hydrogen (secondary N) is 1. The maximum absolute atomic E-state index is 12.1. The van der Waals surface area contributed by atoms with Gasteiger partial charge >= 0.3 is 0 Å². The van der Waals surface area contributed by atoms with Gasteiger partial charge in [-0.05, 0) is 30.2 Å². The Morgan fingerprint density at radius 2 is 2.26 bits per heavy atom.